The third kappa shape index (κ3) is 5.11. The van der Waals surface area contributed by atoms with Crippen molar-refractivity contribution in [3.63, 3.8) is 0 Å². The van der Waals surface area contributed by atoms with Gasteiger partial charge in [-0.2, -0.15) is 5.10 Å². The SMILES string of the molecule is Cn1nccc1/C=C/C(=O)N1CCCC(Cc2ccnc(Nc3ccccn3)c2)C1. The zero-order valence-corrected chi connectivity index (χ0v) is 17.1. The van der Waals surface area contributed by atoms with Gasteiger partial charge in [-0.25, -0.2) is 9.97 Å². The molecule has 1 atom stereocenters. The maximum atomic E-state index is 12.6. The highest BCUT2D eigenvalue weighted by Crippen LogP contribution is 2.23. The molecule has 1 aliphatic heterocycles. The van der Waals surface area contributed by atoms with Crippen molar-refractivity contribution in [3.8, 4) is 0 Å². The summed E-state index contributed by atoms with van der Waals surface area (Å²) in [5.41, 5.74) is 2.13. The second-order valence-electron chi connectivity index (χ2n) is 7.60. The molecule has 4 heterocycles. The number of pyridine rings is 2. The molecule has 1 amide bonds. The van der Waals surface area contributed by atoms with Crippen molar-refractivity contribution in [2.75, 3.05) is 18.4 Å². The van der Waals surface area contributed by atoms with Crippen LogP contribution in [-0.2, 0) is 18.3 Å². The number of hydrogen-bond acceptors (Lipinski definition) is 5. The summed E-state index contributed by atoms with van der Waals surface area (Å²) < 4.78 is 1.75. The summed E-state index contributed by atoms with van der Waals surface area (Å²) in [5.74, 6) is 2.07. The van der Waals surface area contributed by atoms with Gasteiger partial charge in [-0.3, -0.25) is 9.48 Å². The van der Waals surface area contributed by atoms with Gasteiger partial charge in [0.2, 0.25) is 5.91 Å². The number of anilines is 2. The Morgan fingerprint density at radius 1 is 1.17 bits per heavy atom. The van der Waals surface area contributed by atoms with Crippen LogP contribution in [0.4, 0.5) is 11.6 Å². The molecule has 3 aromatic rings. The van der Waals surface area contributed by atoms with Crippen LogP contribution in [0.15, 0.2) is 61.1 Å². The van der Waals surface area contributed by atoms with Crippen molar-refractivity contribution >= 4 is 23.6 Å². The minimum atomic E-state index is 0.0631. The Bertz CT molecular complexity index is 1010. The number of likely N-dealkylation sites (tertiary alicyclic amines) is 1. The molecule has 0 aromatic carbocycles. The average Bonchev–Trinajstić information content (AvgIpc) is 3.18. The van der Waals surface area contributed by atoms with Gasteiger partial charge in [0.25, 0.3) is 0 Å². The van der Waals surface area contributed by atoms with E-state index in [1.807, 2.05) is 54.6 Å². The number of nitrogens with one attached hydrogen (secondary N) is 1. The van der Waals surface area contributed by atoms with E-state index in [0.717, 1.165) is 49.7 Å². The number of carbonyl (C=O) groups excluding carboxylic acids is 1. The summed E-state index contributed by atoms with van der Waals surface area (Å²) in [6, 6.07) is 11.7. The first-order valence-corrected chi connectivity index (χ1v) is 10.3. The molecule has 30 heavy (non-hydrogen) atoms. The number of piperidine rings is 1. The summed E-state index contributed by atoms with van der Waals surface area (Å²) in [6.07, 6.45) is 11.9. The number of nitrogens with zero attached hydrogens (tertiary/aromatic N) is 5. The Morgan fingerprint density at radius 2 is 2.07 bits per heavy atom. The smallest absolute Gasteiger partial charge is 0.246 e. The third-order valence-electron chi connectivity index (χ3n) is 5.36. The molecule has 7 heteroatoms. The van der Waals surface area contributed by atoms with E-state index in [0.29, 0.717) is 5.92 Å². The van der Waals surface area contributed by atoms with Gasteiger partial charge in [-0.05, 0) is 67.2 Å². The van der Waals surface area contributed by atoms with E-state index >= 15 is 0 Å². The Hall–Kier alpha value is -3.48. The number of aromatic nitrogens is 4. The second kappa shape index (κ2) is 9.35. The molecule has 154 valence electrons. The lowest BCUT2D eigenvalue weighted by Gasteiger charge is -2.32. The minimum absolute atomic E-state index is 0.0631. The zero-order valence-electron chi connectivity index (χ0n) is 17.1. The van der Waals surface area contributed by atoms with Crippen molar-refractivity contribution in [2.45, 2.75) is 19.3 Å². The van der Waals surface area contributed by atoms with Gasteiger partial charge in [0.05, 0.1) is 5.69 Å². The number of hydrogen-bond donors (Lipinski definition) is 1. The third-order valence-corrected chi connectivity index (χ3v) is 5.36. The molecule has 0 spiro atoms. The van der Waals surface area contributed by atoms with E-state index in [4.69, 9.17) is 0 Å². The first-order valence-electron chi connectivity index (χ1n) is 10.3. The van der Waals surface area contributed by atoms with Crippen LogP contribution in [0.1, 0.15) is 24.1 Å². The molecule has 7 nitrogen and oxygen atoms in total. The monoisotopic (exact) mass is 402 g/mol. The Labute approximate surface area is 176 Å². The highest BCUT2D eigenvalue weighted by molar-refractivity contribution is 5.91. The van der Waals surface area contributed by atoms with Crippen molar-refractivity contribution in [2.24, 2.45) is 13.0 Å². The van der Waals surface area contributed by atoms with Crippen molar-refractivity contribution < 1.29 is 4.79 Å². The Kier molecular flexibility index (Phi) is 6.17. The van der Waals surface area contributed by atoms with E-state index in [-0.39, 0.29) is 5.91 Å². The lowest BCUT2D eigenvalue weighted by Crippen LogP contribution is -2.39. The molecule has 1 fully saturated rings. The van der Waals surface area contributed by atoms with Crippen LogP contribution in [0.3, 0.4) is 0 Å². The highest BCUT2D eigenvalue weighted by Gasteiger charge is 2.22. The molecule has 3 aromatic heterocycles. The van der Waals surface area contributed by atoms with Gasteiger partial charge in [0.1, 0.15) is 11.6 Å². The molecule has 0 saturated carbocycles. The van der Waals surface area contributed by atoms with Crippen LogP contribution in [0.25, 0.3) is 6.08 Å². The molecular weight excluding hydrogens is 376 g/mol. The normalized spacial score (nSPS) is 16.7. The van der Waals surface area contributed by atoms with Crippen molar-refractivity contribution in [1.82, 2.24) is 24.6 Å². The van der Waals surface area contributed by atoms with E-state index in [9.17, 15) is 4.79 Å². The largest absolute Gasteiger partial charge is 0.339 e. The van der Waals surface area contributed by atoms with Gasteiger partial charge in [-0.15, -0.1) is 0 Å². The van der Waals surface area contributed by atoms with E-state index < -0.39 is 0 Å². The molecule has 0 radical (unpaired) electrons. The Morgan fingerprint density at radius 3 is 2.87 bits per heavy atom. The number of aryl methyl sites for hydroxylation is 1. The topological polar surface area (TPSA) is 75.9 Å². The lowest BCUT2D eigenvalue weighted by molar-refractivity contribution is -0.127. The maximum Gasteiger partial charge on any atom is 0.246 e. The fourth-order valence-electron chi connectivity index (χ4n) is 3.81. The van der Waals surface area contributed by atoms with Crippen LogP contribution in [0, 0.1) is 5.92 Å². The molecule has 1 N–H and O–H groups in total. The van der Waals surface area contributed by atoms with Crippen LogP contribution < -0.4 is 5.32 Å². The molecule has 4 rings (SSSR count). The van der Waals surface area contributed by atoms with Gasteiger partial charge in [0.15, 0.2) is 0 Å². The van der Waals surface area contributed by atoms with Crippen LogP contribution in [-0.4, -0.2) is 43.6 Å². The summed E-state index contributed by atoms with van der Waals surface area (Å²) >= 11 is 0. The maximum absolute atomic E-state index is 12.6. The second-order valence-corrected chi connectivity index (χ2v) is 7.60. The van der Waals surface area contributed by atoms with Gasteiger partial charge >= 0.3 is 0 Å². The molecular formula is C23H26N6O. The first kappa shape index (κ1) is 19.8. The molecule has 0 aliphatic carbocycles. The first-order chi connectivity index (χ1) is 14.7. The van der Waals surface area contributed by atoms with E-state index in [1.54, 1.807) is 23.2 Å². The van der Waals surface area contributed by atoms with Crippen LogP contribution >= 0.6 is 0 Å². The predicted molar refractivity (Wildman–Crippen MR) is 117 cm³/mol. The zero-order chi connectivity index (χ0) is 20.8. The standard InChI is InChI=1S/C23H26N6O/c1-28-20(10-13-26-28)7-8-23(30)29-14-4-5-19(17-29)15-18-9-12-25-22(16-18)27-21-6-2-3-11-24-21/h2-3,6-13,16,19H,4-5,14-15,17H2,1H3,(H,24,25,27)/b8-7+. The fraction of sp³-hybridized carbons (Fsp3) is 0.304. The highest BCUT2D eigenvalue weighted by atomic mass is 16.2. The summed E-state index contributed by atoms with van der Waals surface area (Å²) in [6.45, 7) is 1.59. The Balaban J connectivity index is 1.36. The van der Waals surface area contributed by atoms with Gasteiger partial charge in [0, 0.05) is 44.8 Å². The summed E-state index contributed by atoms with van der Waals surface area (Å²) in [7, 11) is 1.87. The van der Waals surface area contributed by atoms with Crippen LogP contribution in [0.2, 0.25) is 0 Å². The quantitative estimate of drug-likeness (QED) is 0.639. The average molecular weight is 403 g/mol. The van der Waals surface area contributed by atoms with Crippen molar-refractivity contribution in [1.29, 1.82) is 0 Å². The molecule has 1 saturated heterocycles. The minimum Gasteiger partial charge on any atom is -0.339 e. The summed E-state index contributed by atoms with van der Waals surface area (Å²) in [4.78, 5) is 23.3. The van der Waals surface area contributed by atoms with Gasteiger partial charge < -0.3 is 10.2 Å². The van der Waals surface area contributed by atoms with Crippen LogP contribution in [0.5, 0.6) is 0 Å². The number of rotatable bonds is 6. The molecule has 0 bridgehead atoms. The molecule has 1 aliphatic rings. The predicted octanol–water partition coefficient (Wildman–Crippen LogP) is 3.45. The van der Waals surface area contributed by atoms with E-state index in [2.05, 4.69) is 26.4 Å². The number of carbonyl (C=O) groups is 1. The molecule has 1 unspecified atom stereocenters. The summed E-state index contributed by atoms with van der Waals surface area (Å²) in [5, 5.41) is 7.37. The fourth-order valence-corrected chi connectivity index (χ4v) is 3.81. The number of amides is 1. The van der Waals surface area contributed by atoms with Gasteiger partial charge in [-0.1, -0.05) is 6.07 Å². The van der Waals surface area contributed by atoms with Crippen molar-refractivity contribution in [3.05, 3.63) is 72.3 Å². The van der Waals surface area contributed by atoms with E-state index in [1.165, 1.54) is 5.56 Å². The lowest BCUT2D eigenvalue weighted by atomic mass is 9.91.